The Bertz CT molecular complexity index is 4920. The van der Waals surface area contributed by atoms with Crippen molar-refractivity contribution in [1.82, 2.24) is 54.8 Å². The largest absolute Gasteiger partial charge is 0.481 e. The number of alkyl halides is 3. The number of halogens is 8. The van der Waals surface area contributed by atoms with Crippen molar-refractivity contribution < 1.29 is 31.8 Å². The van der Waals surface area contributed by atoms with E-state index in [2.05, 4.69) is 310 Å². The molecule has 12 rings (SSSR count). The third-order valence-electron chi connectivity index (χ3n) is 20.0. The van der Waals surface area contributed by atoms with Crippen LogP contribution in [0.25, 0.3) is 0 Å². The molecule has 1 fully saturated rings. The summed E-state index contributed by atoms with van der Waals surface area (Å²) in [6, 6.07) is 39.9. The van der Waals surface area contributed by atoms with Crippen LogP contribution in [0.5, 0.6) is 11.8 Å². The Morgan fingerprint density at radius 3 is 1.02 bits per heavy atom. The van der Waals surface area contributed by atoms with E-state index in [9.17, 15) is 17.6 Å². The minimum absolute atomic E-state index is 0.00498. The smallest absolute Gasteiger partial charge is 0.433 e. The van der Waals surface area contributed by atoms with E-state index in [1.165, 1.54) is 57.9 Å². The zero-order valence-corrected chi connectivity index (χ0v) is 90.4. The van der Waals surface area contributed by atoms with Gasteiger partial charge in [0.25, 0.3) is 0 Å². The second kappa shape index (κ2) is 52.3. The highest BCUT2D eigenvalue weighted by molar-refractivity contribution is 6.32. The first-order valence-electron chi connectivity index (χ1n) is 45.0. The second-order valence-corrected chi connectivity index (χ2v) is 45.6. The molecule has 0 bridgehead atoms. The van der Waals surface area contributed by atoms with Crippen molar-refractivity contribution in [3.8, 4) is 11.8 Å². The number of anilines is 1. The number of aryl methyl sites for hydroxylation is 4. The Kier molecular flexibility index (Phi) is 47.1. The molecule has 0 spiro atoms. The predicted molar refractivity (Wildman–Crippen MR) is 552 cm³/mol. The Morgan fingerprint density at radius 2 is 0.699 bits per heavy atom. The quantitative estimate of drug-likeness (QED) is 0.121. The van der Waals surface area contributed by atoms with Gasteiger partial charge in [-0.25, -0.2) is 24.3 Å². The molecule has 0 aromatic carbocycles. The molecule has 0 aliphatic carbocycles. The van der Waals surface area contributed by atoms with Gasteiger partial charge in [-0.05, 0) is 184 Å². The van der Waals surface area contributed by atoms with Crippen molar-refractivity contribution in [3.63, 3.8) is 0 Å². The van der Waals surface area contributed by atoms with Crippen LogP contribution in [0.2, 0.25) is 20.2 Å². The lowest BCUT2D eigenvalue weighted by atomic mass is 9.86. The van der Waals surface area contributed by atoms with Gasteiger partial charge in [0.1, 0.15) is 22.5 Å². The van der Waals surface area contributed by atoms with E-state index in [0.29, 0.717) is 32.0 Å². The molecule has 0 atom stereocenters. The van der Waals surface area contributed by atoms with Crippen LogP contribution in [0, 0.1) is 33.5 Å². The average Bonchev–Trinajstić information content (AvgIpc) is 0.828. The van der Waals surface area contributed by atoms with Crippen molar-refractivity contribution in [3.05, 3.63) is 305 Å². The van der Waals surface area contributed by atoms with Crippen LogP contribution in [0.3, 0.4) is 0 Å². The minimum atomic E-state index is -4.35. The van der Waals surface area contributed by atoms with Gasteiger partial charge in [0.05, 0.1) is 48.7 Å². The van der Waals surface area contributed by atoms with E-state index in [1.807, 2.05) is 140 Å². The Hall–Kier alpha value is -9.11. The van der Waals surface area contributed by atoms with Crippen molar-refractivity contribution in [1.29, 1.82) is 0 Å². The Labute approximate surface area is 818 Å². The molecule has 133 heavy (non-hydrogen) atoms. The number of hydrogen-bond acceptors (Lipinski definition) is 15. The van der Waals surface area contributed by atoms with Crippen molar-refractivity contribution >= 4 is 52.2 Å². The standard InChI is InChI=1S/C13H20N2O.C11H17NO.C10H12F3N.C10H15NO.3C10H15N.C9H11Cl2N.2C9H12ClN.C9H12FN/c1-13(2,3)11-4-5-12(14-10-11)15-6-8-16-9-7-15;1-8-9(11(2,3)4)6-7-10(12-8)13-5;1-9(2,3)7-4-5-8(14-6-7)10(11,12)13;1-10(2,3)8-5-6-9(12-4)11-7-8;1-8-5-6-11-9(7-8)10(2,3)4;1-8-5-6-9(11-7-8)10(2,3)4;1-8-9(10(2,3)4)6-5-7-11-8;1-9(2,3)7-4-6(10)5-12-8(7)11;3*1-9(2,3)8-5-4-7(10)6-11-8/h4-5,10H,6-9H2,1-3H3;6-7H,1-5H3;4-6H,1-3H3;5-7H,1-4H3;3*5-7H,1-4H3;4-5H,1-3H3;3*4-6H,1-3H3. The topological polar surface area (TPSA) is 173 Å². The third kappa shape index (κ3) is 46.8. The van der Waals surface area contributed by atoms with Gasteiger partial charge in [-0.1, -0.05) is 311 Å². The van der Waals surface area contributed by atoms with Crippen LogP contribution in [-0.4, -0.2) is 95.3 Å². The molecule has 15 nitrogen and oxygen atoms in total. The summed E-state index contributed by atoms with van der Waals surface area (Å²) >= 11 is 23.1. The van der Waals surface area contributed by atoms with Crippen molar-refractivity contribution in [2.75, 3.05) is 45.4 Å². The minimum Gasteiger partial charge on any atom is -0.481 e. The lowest BCUT2D eigenvalue weighted by Crippen LogP contribution is -2.36. The maximum atomic E-state index is 12.4. The first kappa shape index (κ1) is 120. The molecule has 0 amide bonds. The molecule has 1 aliphatic heterocycles. The molecule has 1 aliphatic rings. The SMILES string of the molecule is CC(C)(C)c1cc(Cl)cnc1Cl.CC(C)(C)c1ccc(C(F)(F)F)nc1.CC(C)(C)c1ccc(Cl)cn1.CC(C)(C)c1ccc(Cl)cn1.CC(C)(C)c1ccc(F)cn1.CC(C)(C)c1ccc(N2CCOCC2)nc1.COc1ccc(C(C)(C)C)c(C)n1.COc1ccc(C(C)(C)C)cn1.Cc1ccc(C(C)(C)C)nc1.Cc1ccnc(C(C)(C)C)c1.Cc1ncccc1C(C)(C)C. The lowest BCUT2D eigenvalue weighted by molar-refractivity contribution is -0.141. The molecule has 0 N–H and O–H groups in total. The summed E-state index contributed by atoms with van der Waals surface area (Å²) in [4.78, 5) is 48.0. The van der Waals surface area contributed by atoms with Gasteiger partial charge < -0.3 is 19.1 Å². The highest BCUT2D eigenvalue weighted by atomic mass is 35.5. The molecular weight excluding hydrogens is 1760 g/mol. The van der Waals surface area contributed by atoms with Gasteiger partial charge in [-0.3, -0.25) is 34.9 Å². The fourth-order valence-electron chi connectivity index (χ4n) is 11.7. The van der Waals surface area contributed by atoms with Gasteiger partial charge in [0.2, 0.25) is 11.8 Å². The molecule has 11 aromatic rings. The molecule has 0 unspecified atom stereocenters. The highest BCUT2D eigenvalue weighted by Gasteiger charge is 2.33. The molecule has 11 aromatic heterocycles. The summed E-state index contributed by atoms with van der Waals surface area (Å²) in [5.41, 5.74) is 17.2. The Morgan fingerprint density at radius 1 is 0.308 bits per heavy atom. The van der Waals surface area contributed by atoms with Gasteiger partial charge >= 0.3 is 6.18 Å². The summed E-state index contributed by atoms with van der Waals surface area (Å²) in [7, 11) is 3.26. The van der Waals surface area contributed by atoms with Gasteiger partial charge in [0.15, 0.2) is 0 Å². The van der Waals surface area contributed by atoms with E-state index in [-0.39, 0.29) is 65.4 Å². The maximum Gasteiger partial charge on any atom is 0.433 e. The molecule has 12 heterocycles. The van der Waals surface area contributed by atoms with Crippen LogP contribution in [0.4, 0.5) is 23.4 Å². The predicted octanol–water partition coefficient (Wildman–Crippen LogP) is 31.0. The second-order valence-electron chi connectivity index (χ2n) is 43.9. The highest BCUT2D eigenvalue weighted by Crippen LogP contribution is 2.34. The number of hydrogen-bond donors (Lipinski definition) is 0. The number of rotatable bonds is 3. The normalized spacial score (nSPS) is 12.5. The van der Waals surface area contributed by atoms with Crippen LogP contribution >= 0.6 is 46.4 Å². The van der Waals surface area contributed by atoms with Crippen molar-refractivity contribution in [2.24, 2.45) is 0 Å². The maximum absolute atomic E-state index is 12.4. The van der Waals surface area contributed by atoms with Gasteiger partial charge in [-0.15, -0.1) is 0 Å². The summed E-state index contributed by atoms with van der Waals surface area (Å²) in [6.45, 7) is 82.0. The average molecular weight is 1910 g/mol. The number of nitrogens with zero attached hydrogens (tertiary/aromatic N) is 12. The summed E-state index contributed by atoms with van der Waals surface area (Å²) in [5.74, 6) is 2.14. The van der Waals surface area contributed by atoms with E-state index in [1.54, 1.807) is 38.9 Å². The van der Waals surface area contributed by atoms with Gasteiger partial charge in [-0.2, -0.15) is 13.2 Å². The zero-order valence-electron chi connectivity index (χ0n) is 87.3. The fraction of sp³-hybridized carbons (Fsp3) is 0.500. The number of morpholine rings is 1. The number of pyridine rings is 11. The molecule has 730 valence electrons. The summed E-state index contributed by atoms with van der Waals surface area (Å²) < 4.78 is 64.2. The van der Waals surface area contributed by atoms with Crippen LogP contribution in [0.15, 0.2) is 189 Å². The first-order valence-corrected chi connectivity index (χ1v) is 46.5. The zero-order chi connectivity index (χ0) is 102. The molecule has 0 radical (unpaired) electrons. The monoisotopic (exact) mass is 1910 g/mol. The molecule has 1 saturated heterocycles. The van der Waals surface area contributed by atoms with E-state index < -0.39 is 11.9 Å². The van der Waals surface area contributed by atoms with E-state index >= 15 is 0 Å². The lowest BCUT2D eigenvalue weighted by Gasteiger charge is -2.28. The third-order valence-corrected chi connectivity index (χ3v) is 21.0. The van der Waals surface area contributed by atoms with Crippen LogP contribution < -0.4 is 14.4 Å². The fourth-order valence-corrected chi connectivity index (χ4v) is 12.5. The summed E-state index contributed by atoms with van der Waals surface area (Å²) in [6.07, 6.45) is 12.6. The number of aromatic nitrogens is 11. The summed E-state index contributed by atoms with van der Waals surface area (Å²) in [5, 5.41) is 2.55. The first-order chi connectivity index (χ1) is 60.7. The number of methoxy groups -OCH3 is 2. The van der Waals surface area contributed by atoms with E-state index in [0.717, 1.165) is 89.2 Å². The van der Waals surface area contributed by atoms with Crippen LogP contribution in [0.1, 0.15) is 319 Å². The molecule has 23 heteroatoms. The van der Waals surface area contributed by atoms with Crippen molar-refractivity contribution in [2.45, 2.75) is 322 Å². The molecule has 0 saturated carbocycles. The Balaban J connectivity index is 0.000000496. The van der Waals surface area contributed by atoms with Crippen LogP contribution in [-0.2, 0) is 70.5 Å². The molecular formula is C110H156Cl4F4N12O3. The van der Waals surface area contributed by atoms with Gasteiger partial charge in [0, 0.05) is 148 Å². The number of ether oxygens (including phenoxy) is 3. The van der Waals surface area contributed by atoms with E-state index in [4.69, 9.17) is 60.6 Å².